The zero-order valence-corrected chi connectivity index (χ0v) is 15.6. The molecular weight excluding hydrogens is 332 g/mol. The number of anilines is 1. The van der Waals surface area contributed by atoms with Gasteiger partial charge < -0.3 is 10.1 Å². The number of nitrogens with one attached hydrogen (secondary N) is 1. The minimum atomic E-state index is 0.838. The lowest BCUT2D eigenvalue weighted by molar-refractivity contribution is 0.420. The van der Waals surface area contributed by atoms with Crippen molar-refractivity contribution in [1.82, 2.24) is 14.6 Å². The fourth-order valence-electron chi connectivity index (χ4n) is 3.28. The van der Waals surface area contributed by atoms with Crippen molar-refractivity contribution in [3.8, 4) is 16.2 Å². The maximum Gasteiger partial charge on any atom is 0.154 e. The normalized spacial score (nSPS) is 11.4. The quantitative estimate of drug-likeness (QED) is 0.586. The zero-order chi connectivity index (χ0) is 17.6. The average molecular weight is 352 g/mol. The van der Waals surface area contributed by atoms with Gasteiger partial charge >= 0.3 is 0 Å². The Kier molecular flexibility index (Phi) is 3.84. The van der Waals surface area contributed by atoms with E-state index in [1.54, 1.807) is 24.8 Å². The van der Waals surface area contributed by atoms with Gasteiger partial charge in [-0.25, -0.2) is 9.50 Å². The molecule has 0 bridgehead atoms. The molecular formula is C19H20N4OS. The summed E-state index contributed by atoms with van der Waals surface area (Å²) in [6.45, 7) is 4.24. The van der Waals surface area contributed by atoms with Gasteiger partial charge in [0.05, 0.1) is 11.8 Å². The highest BCUT2D eigenvalue weighted by Crippen LogP contribution is 2.42. The van der Waals surface area contributed by atoms with Gasteiger partial charge in [0.25, 0.3) is 0 Å². The Morgan fingerprint density at radius 1 is 1.24 bits per heavy atom. The first-order valence-corrected chi connectivity index (χ1v) is 9.09. The van der Waals surface area contributed by atoms with Crippen molar-refractivity contribution < 1.29 is 4.74 Å². The molecule has 0 unspecified atom stereocenters. The Hall–Kier alpha value is -2.60. The number of methoxy groups -OCH3 is 1. The molecule has 4 aromatic rings. The highest BCUT2D eigenvalue weighted by molar-refractivity contribution is 7.22. The summed E-state index contributed by atoms with van der Waals surface area (Å²) < 4.78 is 8.74. The topological polar surface area (TPSA) is 51.5 Å². The van der Waals surface area contributed by atoms with Crippen LogP contribution in [0.4, 0.5) is 5.82 Å². The lowest BCUT2D eigenvalue weighted by atomic mass is 10.1. The van der Waals surface area contributed by atoms with Crippen LogP contribution in [0, 0.1) is 6.92 Å². The number of nitrogens with zero attached hydrogens (tertiary/aromatic N) is 3. The number of rotatable bonds is 4. The van der Waals surface area contributed by atoms with Crippen LogP contribution in [0.15, 0.2) is 30.6 Å². The highest BCUT2D eigenvalue weighted by atomic mass is 32.1. The molecule has 6 heteroatoms. The molecule has 128 valence electrons. The molecule has 1 aromatic carbocycles. The molecule has 0 aliphatic heterocycles. The molecule has 4 rings (SSSR count). The second-order valence-electron chi connectivity index (χ2n) is 6.02. The molecule has 0 saturated heterocycles. The minimum absolute atomic E-state index is 0.838. The molecule has 0 fully saturated rings. The number of ether oxygens (including phenoxy) is 1. The monoisotopic (exact) mass is 352 g/mol. The van der Waals surface area contributed by atoms with Crippen LogP contribution >= 0.6 is 11.3 Å². The standard InChI is InChI=1S/C19H20N4OS/c1-5-13-9-14(17-19(20-3)21-10-22-23(13)17)16-8-12-6-11(2)7-15(24-4)18(12)25-16/h6-10H,5H2,1-4H3,(H,20,21,22). The maximum absolute atomic E-state index is 5.58. The van der Waals surface area contributed by atoms with E-state index in [0.717, 1.165) is 29.1 Å². The average Bonchev–Trinajstić information content (AvgIpc) is 3.21. The van der Waals surface area contributed by atoms with Crippen LogP contribution in [0.2, 0.25) is 0 Å². The summed E-state index contributed by atoms with van der Waals surface area (Å²) in [5.41, 5.74) is 4.54. The first-order valence-electron chi connectivity index (χ1n) is 8.28. The summed E-state index contributed by atoms with van der Waals surface area (Å²) in [6, 6.07) is 8.73. The largest absolute Gasteiger partial charge is 0.495 e. The Labute approximate surface area is 150 Å². The van der Waals surface area contributed by atoms with Crippen molar-refractivity contribution in [3.63, 3.8) is 0 Å². The molecule has 3 heterocycles. The maximum atomic E-state index is 5.58. The van der Waals surface area contributed by atoms with Crippen LogP contribution in [-0.2, 0) is 6.42 Å². The third kappa shape index (κ3) is 2.44. The highest BCUT2D eigenvalue weighted by Gasteiger charge is 2.18. The van der Waals surface area contributed by atoms with Gasteiger partial charge in [0.1, 0.15) is 17.6 Å². The molecule has 0 saturated carbocycles. The molecule has 0 atom stereocenters. The molecule has 0 aliphatic rings. The number of thiophene rings is 1. The van der Waals surface area contributed by atoms with Gasteiger partial charge in [-0.2, -0.15) is 5.10 Å². The second-order valence-corrected chi connectivity index (χ2v) is 7.07. The molecule has 5 nitrogen and oxygen atoms in total. The summed E-state index contributed by atoms with van der Waals surface area (Å²) in [5.74, 6) is 1.76. The molecule has 0 spiro atoms. The Morgan fingerprint density at radius 2 is 2.08 bits per heavy atom. The number of aromatic nitrogens is 3. The van der Waals surface area contributed by atoms with E-state index in [2.05, 4.69) is 53.5 Å². The van der Waals surface area contributed by atoms with Gasteiger partial charge in [-0.05, 0) is 42.5 Å². The molecule has 3 aromatic heterocycles. The van der Waals surface area contributed by atoms with Gasteiger partial charge in [0.15, 0.2) is 5.82 Å². The van der Waals surface area contributed by atoms with Crippen molar-refractivity contribution >= 4 is 32.8 Å². The van der Waals surface area contributed by atoms with Crippen molar-refractivity contribution in [2.45, 2.75) is 20.3 Å². The van der Waals surface area contributed by atoms with Gasteiger partial charge in [0, 0.05) is 23.2 Å². The van der Waals surface area contributed by atoms with Crippen LogP contribution in [-0.4, -0.2) is 28.8 Å². The molecule has 0 radical (unpaired) electrons. The van der Waals surface area contributed by atoms with E-state index in [0.29, 0.717) is 0 Å². The van der Waals surface area contributed by atoms with Crippen molar-refractivity contribution in [2.75, 3.05) is 19.5 Å². The van der Waals surface area contributed by atoms with Gasteiger partial charge in [-0.1, -0.05) is 13.0 Å². The summed E-state index contributed by atoms with van der Waals surface area (Å²) in [7, 11) is 3.62. The van der Waals surface area contributed by atoms with Gasteiger partial charge in [0.2, 0.25) is 0 Å². The van der Waals surface area contributed by atoms with E-state index in [1.165, 1.54) is 26.2 Å². The first-order chi connectivity index (χ1) is 12.2. The van der Waals surface area contributed by atoms with Crippen LogP contribution < -0.4 is 10.1 Å². The number of aryl methyl sites for hydroxylation is 2. The summed E-state index contributed by atoms with van der Waals surface area (Å²) in [4.78, 5) is 5.59. The van der Waals surface area contributed by atoms with E-state index in [9.17, 15) is 0 Å². The smallest absolute Gasteiger partial charge is 0.154 e. The molecule has 0 amide bonds. The SMILES string of the molecule is CCc1cc(-c2cc3cc(C)cc(OC)c3s2)c2c(NC)ncnn12. The fraction of sp³-hybridized carbons (Fsp3) is 0.263. The van der Waals surface area contributed by atoms with E-state index < -0.39 is 0 Å². The van der Waals surface area contributed by atoms with Crippen molar-refractivity contribution in [1.29, 1.82) is 0 Å². The van der Waals surface area contributed by atoms with Crippen LogP contribution in [0.3, 0.4) is 0 Å². The van der Waals surface area contributed by atoms with E-state index in [-0.39, 0.29) is 0 Å². The predicted molar refractivity (Wildman–Crippen MR) is 104 cm³/mol. The van der Waals surface area contributed by atoms with Crippen LogP contribution in [0.5, 0.6) is 5.75 Å². The predicted octanol–water partition coefficient (Wildman–Crippen LogP) is 4.53. The van der Waals surface area contributed by atoms with Crippen LogP contribution in [0.25, 0.3) is 26.0 Å². The van der Waals surface area contributed by atoms with Crippen molar-refractivity contribution in [3.05, 3.63) is 41.9 Å². The number of benzene rings is 1. The lowest BCUT2D eigenvalue weighted by Gasteiger charge is -2.04. The van der Waals surface area contributed by atoms with Gasteiger partial charge in [-0.15, -0.1) is 11.3 Å². The zero-order valence-electron chi connectivity index (χ0n) is 14.8. The summed E-state index contributed by atoms with van der Waals surface area (Å²) in [6.07, 6.45) is 2.51. The van der Waals surface area contributed by atoms with E-state index in [1.807, 2.05) is 11.6 Å². The van der Waals surface area contributed by atoms with E-state index >= 15 is 0 Å². The minimum Gasteiger partial charge on any atom is -0.495 e. The van der Waals surface area contributed by atoms with Crippen molar-refractivity contribution in [2.24, 2.45) is 0 Å². The number of hydrogen-bond acceptors (Lipinski definition) is 5. The molecule has 1 N–H and O–H groups in total. The molecule has 25 heavy (non-hydrogen) atoms. The Bertz CT molecular complexity index is 1080. The Balaban J connectivity index is 2.03. The van der Waals surface area contributed by atoms with Crippen LogP contribution in [0.1, 0.15) is 18.2 Å². The third-order valence-corrected chi connectivity index (χ3v) is 5.64. The summed E-state index contributed by atoms with van der Waals surface area (Å²) >= 11 is 1.75. The lowest BCUT2D eigenvalue weighted by Crippen LogP contribution is -2.01. The second kappa shape index (κ2) is 6.04. The number of hydrogen-bond donors (Lipinski definition) is 1. The Morgan fingerprint density at radius 3 is 2.80 bits per heavy atom. The van der Waals surface area contributed by atoms with Gasteiger partial charge in [-0.3, -0.25) is 0 Å². The van der Waals surface area contributed by atoms with E-state index in [4.69, 9.17) is 4.74 Å². The third-order valence-electron chi connectivity index (χ3n) is 4.44. The number of fused-ring (bicyclic) bond motifs is 2. The molecule has 0 aliphatic carbocycles. The first kappa shape index (κ1) is 15.9. The summed E-state index contributed by atoms with van der Waals surface area (Å²) in [5, 5.41) is 8.85. The fourth-order valence-corrected chi connectivity index (χ4v) is 4.43.